The summed E-state index contributed by atoms with van der Waals surface area (Å²) in [5, 5.41) is 3.62. The normalized spacial score (nSPS) is 10.6. The summed E-state index contributed by atoms with van der Waals surface area (Å²) in [4.78, 5) is 3.96. The molecule has 0 aliphatic heterocycles. The van der Waals surface area contributed by atoms with E-state index in [0.717, 1.165) is 24.2 Å². The maximum Gasteiger partial charge on any atom is 0.219 e. The molecule has 0 atom stereocenters. The van der Waals surface area contributed by atoms with E-state index in [9.17, 15) is 8.78 Å². The first-order valence-corrected chi connectivity index (χ1v) is 6.46. The van der Waals surface area contributed by atoms with Gasteiger partial charge in [0.05, 0.1) is 5.02 Å². The molecule has 0 aliphatic rings. The SMILES string of the molecule is CCNCc1cc(Oc2ccc(F)cc2F)ncc1Cl. The second-order valence-corrected chi connectivity index (χ2v) is 4.48. The third kappa shape index (κ3) is 3.65. The minimum absolute atomic E-state index is 0.0874. The van der Waals surface area contributed by atoms with Crippen LogP contribution in [-0.2, 0) is 6.54 Å². The second kappa shape index (κ2) is 6.63. The van der Waals surface area contributed by atoms with E-state index in [-0.39, 0.29) is 11.6 Å². The van der Waals surface area contributed by atoms with Crippen LogP contribution in [0.2, 0.25) is 5.02 Å². The standard InChI is InChI=1S/C14H13ClF2N2O/c1-2-18-7-9-5-14(19-8-11(9)15)20-13-4-3-10(16)6-12(13)17/h3-6,8,18H,2,7H2,1H3. The lowest BCUT2D eigenvalue weighted by atomic mass is 10.2. The van der Waals surface area contributed by atoms with Crippen molar-refractivity contribution in [3.63, 3.8) is 0 Å². The van der Waals surface area contributed by atoms with Crippen LogP contribution in [-0.4, -0.2) is 11.5 Å². The lowest BCUT2D eigenvalue weighted by Crippen LogP contribution is -2.12. The zero-order valence-corrected chi connectivity index (χ0v) is 11.5. The van der Waals surface area contributed by atoms with E-state index >= 15 is 0 Å². The van der Waals surface area contributed by atoms with Crippen molar-refractivity contribution in [3.05, 3.63) is 52.7 Å². The minimum Gasteiger partial charge on any atom is -0.436 e. The lowest BCUT2D eigenvalue weighted by Gasteiger charge is -2.09. The molecule has 0 bridgehead atoms. The zero-order valence-electron chi connectivity index (χ0n) is 10.8. The fourth-order valence-electron chi connectivity index (χ4n) is 1.58. The first-order valence-electron chi connectivity index (χ1n) is 6.08. The van der Waals surface area contributed by atoms with Gasteiger partial charge in [-0.05, 0) is 24.2 Å². The molecule has 0 fully saturated rings. The van der Waals surface area contributed by atoms with Crippen LogP contribution >= 0.6 is 11.6 Å². The maximum atomic E-state index is 13.5. The summed E-state index contributed by atoms with van der Waals surface area (Å²) >= 11 is 6.01. The van der Waals surface area contributed by atoms with E-state index in [4.69, 9.17) is 16.3 Å². The van der Waals surface area contributed by atoms with Crippen molar-refractivity contribution >= 4 is 11.6 Å². The Morgan fingerprint density at radius 2 is 2.10 bits per heavy atom. The monoisotopic (exact) mass is 298 g/mol. The molecule has 2 rings (SSSR count). The van der Waals surface area contributed by atoms with Gasteiger partial charge in [-0.2, -0.15) is 0 Å². The summed E-state index contributed by atoms with van der Waals surface area (Å²) in [6.07, 6.45) is 1.44. The number of aromatic nitrogens is 1. The summed E-state index contributed by atoms with van der Waals surface area (Å²) in [6, 6.07) is 4.71. The van der Waals surface area contributed by atoms with Crippen molar-refractivity contribution in [2.45, 2.75) is 13.5 Å². The van der Waals surface area contributed by atoms with Crippen LogP contribution in [0.5, 0.6) is 11.6 Å². The molecule has 106 valence electrons. The third-order valence-electron chi connectivity index (χ3n) is 2.58. The molecule has 0 spiro atoms. The summed E-state index contributed by atoms with van der Waals surface area (Å²) in [6.45, 7) is 3.32. The zero-order chi connectivity index (χ0) is 14.5. The quantitative estimate of drug-likeness (QED) is 0.908. The van der Waals surface area contributed by atoms with Crippen molar-refractivity contribution < 1.29 is 13.5 Å². The van der Waals surface area contributed by atoms with Crippen LogP contribution in [0.15, 0.2) is 30.5 Å². The molecule has 0 aliphatic carbocycles. The highest BCUT2D eigenvalue weighted by atomic mass is 35.5. The molecular formula is C14H13ClF2N2O. The molecule has 20 heavy (non-hydrogen) atoms. The predicted molar refractivity (Wildman–Crippen MR) is 73.1 cm³/mol. The van der Waals surface area contributed by atoms with E-state index in [1.807, 2.05) is 6.92 Å². The van der Waals surface area contributed by atoms with Gasteiger partial charge >= 0.3 is 0 Å². The van der Waals surface area contributed by atoms with Crippen LogP contribution in [0.25, 0.3) is 0 Å². The Bertz CT molecular complexity index is 608. The average molecular weight is 299 g/mol. The highest BCUT2D eigenvalue weighted by Gasteiger charge is 2.09. The summed E-state index contributed by atoms with van der Waals surface area (Å²) in [7, 11) is 0. The number of hydrogen-bond acceptors (Lipinski definition) is 3. The van der Waals surface area contributed by atoms with Gasteiger partial charge in [-0.3, -0.25) is 0 Å². The highest BCUT2D eigenvalue weighted by Crippen LogP contribution is 2.26. The number of rotatable bonds is 5. The van der Waals surface area contributed by atoms with Crippen LogP contribution in [0.1, 0.15) is 12.5 Å². The molecule has 1 aromatic carbocycles. The van der Waals surface area contributed by atoms with Gasteiger partial charge in [0.15, 0.2) is 11.6 Å². The average Bonchev–Trinajstić information content (AvgIpc) is 2.42. The number of hydrogen-bond donors (Lipinski definition) is 1. The van der Waals surface area contributed by atoms with E-state index in [1.165, 1.54) is 12.3 Å². The molecular weight excluding hydrogens is 286 g/mol. The van der Waals surface area contributed by atoms with E-state index in [0.29, 0.717) is 11.6 Å². The number of nitrogens with one attached hydrogen (secondary N) is 1. The van der Waals surface area contributed by atoms with Gasteiger partial charge in [0, 0.05) is 24.9 Å². The molecule has 1 heterocycles. The lowest BCUT2D eigenvalue weighted by molar-refractivity contribution is 0.423. The molecule has 0 saturated carbocycles. The highest BCUT2D eigenvalue weighted by molar-refractivity contribution is 6.31. The summed E-state index contributed by atoms with van der Waals surface area (Å²) < 4.78 is 31.6. The molecule has 3 nitrogen and oxygen atoms in total. The predicted octanol–water partition coefficient (Wildman–Crippen LogP) is 3.92. The van der Waals surface area contributed by atoms with Gasteiger partial charge in [0.25, 0.3) is 0 Å². The van der Waals surface area contributed by atoms with Gasteiger partial charge in [-0.15, -0.1) is 0 Å². The van der Waals surface area contributed by atoms with Gasteiger partial charge in [0.2, 0.25) is 5.88 Å². The Labute approximate surface area is 120 Å². The maximum absolute atomic E-state index is 13.5. The van der Waals surface area contributed by atoms with Crippen LogP contribution in [0, 0.1) is 11.6 Å². The fraction of sp³-hybridized carbons (Fsp3) is 0.214. The topological polar surface area (TPSA) is 34.1 Å². The Morgan fingerprint density at radius 3 is 2.80 bits per heavy atom. The second-order valence-electron chi connectivity index (χ2n) is 4.07. The molecule has 0 radical (unpaired) electrons. The Kier molecular flexibility index (Phi) is 4.87. The Morgan fingerprint density at radius 1 is 1.30 bits per heavy atom. The van der Waals surface area contributed by atoms with E-state index in [1.54, 1.807) is 6.07 Å². The third-order valence-corrected chi connectivity index (χ3v) is 2.92. The largest absolute Gasteiger partial charge is 0.436 e. The van der Waals surface area contributed by atoms with Crippen LogP contribution < -0.4 is 10.1 Å². The minimum atomic E-state index is -0.782. The Balaban J connectivity index is 2.20. The number of ether oxygens (including phenoxy) is 1. The molecule has 0 unspecified atom stereocenters. The van der Waals surface area contributed by atoms with Gasteiger partial charge in [-0.1, -0.05) is 18.5 Å². The van der Waals surface area contributed by atoms with Crippen molar-refractivity contribution in [2.75, 3.05) is 6.54 Å². The molecule has 0 amide bonds. The summed E-state index contributed by atoms with van der Waals surface area (Å²) in [5.74, 6) is -1.33. The van der Waals surface area contributed by atoms with Crippen LogP contribution in [0.3, 0.4) is 0 Å². The van der Waals surface area contributed by atoms with Crippen molar-refractivity contribution in [3.8, 4) is 11.6 Å². The van der Waals surface area contributed by atoms with Gasteiger partial charge in [-0.25, -0.2) is 13.8 Å². The molecule has 1 N–H and O–H groups in total. The van der Waals surface area contributed by atoms with Gasteiger partial charge < -0.3 is 10.1 Å². The number of nitrogens with zero attached hydrogens (tertiary/aromatic N) is 1. The molecule has 6 heteroatoms. The van der Waals surface area contributed by atoms with Crippen molar-refractivity contribution in [2.24, 2.45) is 0 Å². The van der Waals surface area contributed by atoms with E-state index < -0.39 is 11.6 Å². The molecule has 1 aromatic heterocycles. The van der Waals surface area contributed by atoms with Crippen molar-refractivity contribution in [1.82, 2.24) is 10.3 Å². The number of benzene rings is 1. The summed E-state index contributed by atoms with van der Waals surface area (Å²) in [5.41, 5.74) is 0.793. The number of pyridine rings is 1. The fourth-order valence-corrected chi connectivity index (χ4v) is 1.75. The van der Waals surface area contributed by atoms with Crippen LogP contribution in [0.4, 0.5) is 8.78 Å². The smallest absolute Gasteiger partial charge is 0.219 e. The van der Waals surface area contributed by atoms with Gasteiger partial charge in [0.1, 0.15) is 5.82 Å². The molecule has 2 aromatic rings. The van der Waals surface area contributed by atoms with Crippen molar-refractivity contribution in [1.29, 1.82) is 0 Å². The number of halogens is 3. The first kappa shape index (κ1) is 14.7. The first-order chi connectivity index (χ1) is 9.60. The molecule has 0 saturated heterocycles. The Hall–Kier alpha value is -1.72. The van der Waals surface area contributed by atoms with E-state index in [2.05, 4.69) is 10.3 Å².